The van der Waals surface area contributed by atoms with Crippen molar-refractivity contribution in [2.45, 2.75) is 50.9 Å². The van der Waals surface area contributed by atoms with Crippen molar-refractivity contribution in [2.75, 3.05) is 18.4 Å². The average Bonchev–Trinajstić information content (AvgIpc) is 3.48. The Morgan fingerprint density at radius 2 is 1.94 bits per heavy atom. The molecule has 2 N–H and O–H groups in total. The summed E-state index contributed by atoms with van der Waals surface area (Å²) in [6.45, 7) is 1.72. The number of H-pyrrole nitrogens is 1. The van der Waals surface area contributed by atoms with Gasteiger partial charge < -0.3 is 10.2 Å². The Hall–Kier alpha value is -3.00. The minimum Gasteiger partial charge on any atom is -0.342 e. The van der Waals surface area contributed by atoms with Gasteiger partial charge >= 0.3 is 0 Å². The van der Waals surface area contributed by atoms with Crippen molar-refractivity contribution in [3.8, 4) is 0 Å². The molecule has 0 radical (unpaired) electrons. The Labute approximate surface area is 196 Å². The van der Waals surface area contributed by atoms with Gasteiger partial charge in [-0.2, -0.15) is 9.47 Å². The molecule has 1 aliphatic carbocycles. The number of rotatable bonds is 4. The first kappa shape index (κ1) is 20.6. The Morgan fingerprint density at radius 3 is 2.79 bits per heavy atom. The summed E-state index contributed by atoms with van der Waals surface area (Å²) in [5.41, 5.74) is 3.91. The molecule has 0 spiro atoms. The molecule has 4 heterocycles. The fourth-order valence-electron chi connectivity index (χ4n) is 5.39. The maximum atomic E-state index is 12.9. The third-order valence-electron chi connectivity index (χ3n) is 7.23. The molecule has 1 saturated heterocycles. The standard InChI is InChI=1S/C25H28N6OS/c32-25(17-5-2-1-3-6-17)31-13-10-16(11-14-31)22-19-9-8-18(15-21(19)33-30-22)27-24-23-20(28-29-24)7-4-12-26-23/h4,7-9,12,15-17H,1-3,5-6,10-11,13-14H2,(H2,27,28,29). The highest BCUT2D eigenvalue weighted by atomic mass is 32.1. The van der Waals surface area contributed by atoms with Gasteiger partial charge in [0.25, 0.3) is 0 Å². The number of amides is 1. The Morgan fingerprint density at radius 1 is 1.09 bits per heavy atom. The molecule has 0 bridgehead atoms. The van der Waals surface area contributed by atoms with Crippen molar-refractivity contribution in [3.63, 3.8) is 0 Å². The van der Waals surface area contributed by atoms with Gasteiger partial charge in [-0.15, -0.1) is 0 Å². The molecule has 170 valence electrons. The van der Waals surface area contributed by atoms with Gasteiger partial charge in [-0.25, -0.2) is 0 Å². The number of likely N-dealkylation sites (tertiary alicyclic amines) is 1. The maximum Gasteiger partial charge on any atom is 0.225 e. The number of carbonyl (C=O) groups is 1. The van der Waals surface area contributed by atoms with Crippen LogP contribution in [0.15, 0.2) is 36.5 Å². The first-order valence-electron chi connectivity index (χ1n) is 12.0. The van der Waals surface area contributed by atoms with Crippen LogP contribution in [-0.4, -0.2) is 43.5 Å². The molecule has 2 fully saturated rings. The van der Waals surface area contributed by atoms with E-state index in [1.165, 1.54) is 35.0 Å². The van der Waals surface area contributed by atoms with Gasteiger partial charge in [0.2, 0.25) is 5.91 Å². The Bertz CT molecular complexity index is 1280. The molecule has 2 aliphatic rings. The normalized spacial score (nSPS) is 18.2. The molecular weight excluding hydrogens is 432 g/mol. The largest absolute Gasteiger partial charge is 0.342 e. The Kier molecular flexibility index (Phi) is 5.46. The van der Waals surface area contributed by atoms with Gasteiger partial charge in [-0.3, -0.25) is 14.9 Å². The number of carbonyl (C=O) groups excluding carboxylic acids is 1. The summed E-state index contributed by atoms with van der Waals surface area (Å²) in [5, 5.41) is 12.0. The minimum absolute atomic E-state index is 0.267. The fraction of sp³-hybridized carbons (Fsp3) is 0.440. The van der Waals surface area contributed by atoms with Crippen molar-refractivity contribution in [2.24, 2.45) is 5.92 Å². The number of hydrogen-bond donors (Lipinski definition) is 2. The lowest BCUT2D eigenvalue weighted by molar-refractivity contribution is -0.137. The molecule has 6 rings (SSSR count). The number of pyridine rings is 1. The third kappa shape index (κ3) is 3.97. The zero-order chi connectivity index (χ0) is 22.2. The van der Waals surface area contributed by atoms with Crippen LogP contribution in [0.2, 0.25) is 0 Å². The molecule has 4 aromatic rings. The van der Waals surface area contributed by atoms with E-state index in [0.717, 1.165) is 61.3 Å². The molecule has 8 heteroatoms. The quantitative estimate of drug-likeness (QED) is 0.414. The first-order valence-corrected chi connectivity index (χ1v) is 12.8. The summed E-state index contributed by atoms with van der Waals surface area (Å²) >= 11 is 1.55. The van der Waals surface area contributed by atoms with E-state index in [2.05, 4.69) is 43.6 Å². The van der Waals surface area contributed by atoms with Crippen LogP contribution >= 0.6 is 11.5 Å². The summed E-state index contributed by atoms with van der Waals surface area (Å²) in [5.74, 6) is 1.81. The van der Waals surface area contributed by atoms with Crippen LogP contribution in [0.1, 0.15) is 56.6 Å². The average molecular weight is 461 g/mol. The fourth-order valence-corrected chi connectivity index (χ4v) is 6.28. The second-order valence-corrected chi connectivity index (χ2v) is 10.1. The highest BCUT2D eigenvalue weighted by Crippen LogP contribution is 2.37. The van der Waals surface area contributed by atoms with Crippen molar-refractivity contribution in [3.05, 3.63) is 42.2 Å². The maximum absolute atomic E-state index is 12.9. The van der Waals surface area contributed by atoms with Crippen molar-refractivity contribution < 1.29 is 4.79 Å². The number of nitrogens with zero attached hydrogens (tertiary/aromatic N) is 4. The number of aromatic amines is 1. The number of anilines is 2. The topological polar surface area (TPSA) is 86.8 Å². The highest BCUT2D eigenvalue weighted by Gasteiger charge is 2.30. The molecule has 0 unspecified atom stereocenters. The lowest BCUT2D eigenvalue weighted by atomic mass is 9.86. The number of fused-ring (bicyclic) bond motifs is 2. The van der Waals surface area contributed by atoms with E-state index in [1.54, 1.807) is 17.7 Å². The van der Waals surface area contributed by atoms with Crippen LogP contribution in [0.25, 0.3) is 21.1 Å². The molecular formula is C25H28N6OS. The predicted octanol–water partition coefficient (Wildman–Crippen LogP) is 5.60. The molecule has 1 saturated carbocycles. The SMILES string of the molecule is O=C(C1CCCCC1)N1CCC(c2nsc3cc(Nc4n[nH]c5cccnc45)ccc23)CC1. The summed E-state index contributed by atoms with van der Waals surface area (Å²) < 4.78 is 6.01. The van der Waals surface area contributed by atoms with Crippen LogP contribution in [0.4, 0.5) is 11.5 Å². The van der Waals surface area contributed by atoms with Gasteiger partial charge in [0.1, 0.15) is 5.52 Å². The monoisotopic (exact) mass is 460 g/mol. The second-order valence-electron chi connectivity index (χ2n) is 9.31. The zero-order valence-corrected chi connectivity index (χ0v) is 19.4. The van der Waals surface area contributed by atoms with E-state index in [-0.39, 0.29) is 5.92 Å². The zero-order valence-electron chi connectivity index (χ0n) is 18.6. The smallest absolute Gasteiger partial charge is 0.225 e. The second kappa shape index (κ2) is 8.74. The first-order chi connectivity index (χ1) is 16.3. The molecule has 33 heavy (non-hydrogen) atoms. The van der Waals surface area contributed by atoms with Crippen LogP contribution in [-0.2, 0) is 4.79 Å². The Balaban J connectivity index is 1.15. The third-order valence-corrected chi connectivity index (χ3v) is 8.05. The molecule has 0 atom stereocenters. The number of nitrogens with one attached hydrogen (secondary N) is 2. The number of aromatic nitrogens is 4. The van der Waals surface area contributed by atoms with E-state index >= 15 is 0 Å². The predicted molar refractivity (Wildman–Crippen MR) is 132 cm³/mol. The van der Waals surface area contributed by atoms with Gasteiger partial charge in [0, 0.05) is 42.2 Å². The van der Waals surface area contributed by atoms with Crippen LogP contribution < -0.4 is 5.32 Å². The molecule has 1 amide bonds. The van der Waals surface area contributed by atoms with Gasteiger partial charge in [0.05, 0.1) is 15.9 Å². The number of piperidine rings is 1. The number of hydrogen-bond acceptors (Lipinski definition) is 6. The van der Waals surface area contributed by atoms with Crippen LogP contribution in [0.3, 0.4) is 0 Å². The van der Waals surface area contributed by atoms with Crippen molar-refractivity contribution in [1.82, 2.24) is 24.5 Å². The van der Waals surface area contributed by atoms with Gasteiger partial charge in [0.15, 0.2) is 5.82 Å². The lowest BCUT2D eigenvalue weighted by Crippen LogP contribution is -2.41. The summed E-state index contributed by atoms with van der Waals surface area (Å²) in [6, 6.07) is 10.3. The van der Waals surface area contributed by atoms with E-state index in [0.29, 0.717) is 11.8 Å². The van der Waals surface area contributed by atoms with E-state index in [4.69, 9.17) is 4.37 Å². The highest BCUT2D eigenvalue weighted by molar-refractivity contribution is 7.13. The minimum atomic E-state index is 0.267. The van der Waals surface area contributed by atoms with Crippen molar-refractivity contribution >= 4 is 50.1 Å². The molecule has 7 nitrogen and oxygen atoms in total. The summed E-state index contributed by atoms with van der Waals surface area (Å²) in [6.07, 6.45) is 9.64. The van der Waals surface area contributed by atoms with Crippen LogP contribution in [0.5, 0.6) is 0 Å². The van der Waals surface area contributed by atoms with Gasteiger partial charge in [-0.05, 0) is 67.5 Å². The van der Waals surface area contributed by atoms with Crippen LogP contribution in [0, 0.1) is 5.92 Å². The lowest BCUT2D eigenvalue weighted by Gasteiger charge is -2.34. The molecule has 3 aromatic heterocycles. The number of benzene rings is 1. The van der Waals surface area contributed by atoms with Crippen molar-refractivity contribution in [1.29, 1.82) is 0 Å². The molecule has 1 aliphatic heterocycles. The van der Waals surface area contributed by atoms with Gasteiger partial charge in [-0.1, -0.05) is 19.3 Å². The summed E-state index contributed by atoms with van der Waals surface area (Å²) in [4.78, 5) is 19.4. The van der Waals surface area contributed by atoms with E-state index in [1.807, 2.05) is 12.1 Å². The van der Waals surface area contributed by atoms with E-state index < -0.39 is 0 Å². The molecule has 1 aromatic carbocycles. The summed E-state index contributed by atoms with van der Waals surface area (Å²) in [7, 11) is 0. The van der Waals surface area contributed by atoms with E-state index in [9.17, 15) is 4.79 Å².